The van der Waals surface area contributed by atoms with Gasteiger partial charge in [-0.3, -0.25) is 0 Å². The van der Waals surface area contributed by atoms with Crippen molar-refractivity contribution in [3.63, 3.8) is 0 Å². The van der Waals surface area contributed by atoms with Gasteiger partial charge in [0.2, 0.25) is 0 Å². The van der Waals surface area contributed by atoms with Crippen molar-refractivity contribution in [2.45, 2.75) is 44.8 Å². The highest BCUT2D eigenvalue weighted by atomic mass is 32.1. The smallest absolute Gasteiger partial charge is 0.191 e. The predicted molar refractivity (Wildman–Crippen MR) is 80.6 cm³/mol. The van der Waals surface area contributed by atoms with Gasteiger partial charge in [-0.25, -0.2) is 4.99 Å². The molecule has 106 valence electrons. The van der Waals surface area contributed by atoms with Crippen molar-refractivity contribution in [2.75, 3.05) is 13.1 Å². The van der Waals surface area contributed by atoms with Crippen LogP contribution in [0.1, 0.15) is 38.7 Å². The van der Waals surface area contributed by atoms with E-state index in [-0.39, 0.29) is 0 Å². The van der Waals surface area contributed by atoms with Gasteiger partial charge in [0.1, 0.15) is 5.60 Å². The van der Waals surface area contributed by atoms with Gasteiger partial charge in [0.15, 0.2) is 5.96 Å². The van der Waals surface area contributed by atoms with Crippen molar-refractivity contribution in [1.29, 1.82) is 0 Å². The Bertz CT molecular complexity index is 410. The number of aliphatic hydroxyl groups is 1. The number of hydrogen-bond donors (Lipinski definition) is 3. The standard InChI is InChI=1S/C14H23N3OS/c1-3-15-13(17-12-5-4-6-12)16-10-14(2,18)11-7-8-19-9-11/h7-9,12,18H,3-6,10H2,1-2H3,(H2,15,16,17). The number of rotatable bonds is 5. The zero-order chi connectivity index (χ0) is 13.7. The van der Waals surface area contributed by atoms with Gasteiger partial charge < -0.3 is 15.7 Å². The van der Waals surface area contributed by atoms with E-state index in [2.05, 4.69) is 22.5 Å². The molecule has 1 unspecified atom stereocenters. The molecule has 19 heavy (non-hydrogen) atoms. The molecule has 0 bridgehead atoms. The molecule has 3 N–H and O–H groups in total. The number of nitrogens with one attached hydrogen (secondary N) is 2. The second-order valence-corrected chi connectivity index (χ2v) is 6.03. The van der Waals surface area contributed by atoms with E-state index in [1.165, 1.54) is 19.3 Å². The van der Waals surface area contributed by atoms with Crippen LogP contribution < -0.4 is 10.6 Å². The summed E-state index contributed by atoms with van der Waals surface area (Å²) in [5.41, 5.74) is 0.0304. The Morgan fingerprint density at radius 1 is 1.58 bits per heavy atom. The van der Waals surface area contributed by atoms with Gasteiger partial charge in [0.25, 0.3) is 0 Å². The van der Waals surface area contributed by atoms with Crippen molar-refractivity contribution in [2.24, 2.45) is 4.99 Å². The highest BCUT2D eigenvalue weighted by Gasteiger charge is 2.24. The fourth-order valence-electron chi connectivity index (χ4n) is 1.96. The van der Waals surface area contributed by atoms with Crippen LogP contribution in [-0.2, 0) is 5.60 Å². The van der Waals surface area contributed by atoms with Gasteiger partial charge in [-0.1, -0.05) is 0 Å². The highest BCUT2D eigenvalue weighted by molar-refractivity contribution is 7.08. The zero-order valence-corrected chi connectivity index (χ0v) is 12.5. The van der Waals surface area contributed by atoms with Crippen LogP contribution in [0.2, 0.25) is 0 Å². The number of hydrogen-bond acceptors (Lipinski definition) is 3. The molecule has 0 spiro atoms. The van der Waals surface area contributed by atoms with Crippen molar-refractivity contribution < 1.29 is 5.11 Å². The van der Waals surface area contributed by atoms with Crippen LogP contribution in [0.3, 0.4) is 0 Å². The first-order valence-corrected chi connectivity index (χ1v) is 7.86. The van der Waals surface area contributed by atoms with Crippen molar-refractivity contribution in [1.82, 2.24) is 10.6 Å². The third kappa shape index (κ3) is 3.94. The molecule has 0 radical (unpaired) electrons. The first-order chi connectivity index (χ1) is 9.12. The minimum Gasteiger partial charge on any atom is -0.383 e. The molecular weight excluding hydrogens is 258 g/mol. The summed E-state index contributed by atoms with van der Waals surface area (Å²) in [6.07, 6.45) is 3.72. The maximum atomic E-state index is 10.4. The molecule has 0 saturated heterocycles. The van der Waals surface area contributed by atoms with Crippen LogP contribution in [0.25, 0.3) is 0 Å². The van der Waals surface area contributed by atoms with Crippen LogP contribution in [0, 0.1) is 0 Å². The molecule has 1 atom stereocenters. The normalized spacial score (nSPS) is 19.6. The lowest BCUT2D eigenvalue weighted by molar-refractivity contribution is 0.0676. The lowest BCUT2D eigenvalue weighted by Crippen LogP contribution is -2.46. The van der Waals surface area contributed by atoms with Gasteiger partial charge in [-0.05, 0) is 55.5 Å². The van der Waals surface area contributed by atoms with E-state index >= 15 is 0 Å². The Morgan fingerprint density at radius 2 is 2.37 bits per heavy atom. The Labute approximate surface area is 119 Å². The van der Waals surface area contributed by atoms with E-state index in [0.717, 1.165) is 18.1 Å². The average Bonchev–Trinajstić information content (AvgIpc) is 2.85. The summed E-state index contributed by atoms with van der Waals surface area (Å²) < 4.78 is 0. The lowest BCUT2D eigenvalue weighted by Gasteiger charge is -2.29. The third-order valence-corrected chi connectivity index (χ3v) is 4.16. The Morgan fingerprint density at radius 3 is 2.89 bits per heavy atom. The second kappa shape index (κ2) is 6.39. The SMILES string of the molecule is CCNC(=NCC(C)(O)c1ccsc1)NC1CCC1. The minimum atomic E-state index is -0.901. The Balaban J connectivity index is 1.96. The topological polar surface area (TPSA) is 56.7 Å². The first kappa shape index (κ1) is 14.3. The lowest BCUT2D eigenvalue weighted by atomic mass is 9.93. The molecular formula is C14H23N3OS. The van der Waals surface area contributed by atoms with Gasteiger partial charge in [-0.15, -0.1) is 0 Å². The summed E-state index contributed by atoms with van der Waals surface area (Å²) in [6.45, 7) is 5.06. The molecule has 2 rings (SSSR count). The van der Waals surface area contributed by atoms with Crippen molar-refractivity contribution >= 4 is 17.3 Å². The van der Waals surface area contributed by atoms with E-state index in [9.17, 15) is 5.11 Å². The molecule has 0 aromatic carbocycles. The molecule has 1 aliphatic rings. The molecule has 1 heterocycles. The molecule has 0 amide bonds. The van der Waals surface area contributed by atoms with Gasteiger partial charge >= 0.3 is 0 Å². The van der Waals surface area contributed by atoms with Gasteiger partial charge in [-0.2, -0.15) is 11.3 Å². The van der Waals surface area contributed by atoms with Crippen LogP contribution in [-0.4, -0.2) is 30.2 Å². The summed E-state index contributed by atoms with van der Waals surface area (Å²) in [4.78, 5) is 4.51. The first-order valence-electron chi connectivity index (χ1n) is 6.91. The summed E-state index contributed by atoms with van der Waals surface area (Å²) in [7, 11) is 0. The predicted octanol–water partition coefficient (Wildman–Crippen LogP) is 2.06. The monoisotopic (exact) mass is 281 g/mol. The number of aliphatic imine (C=N–C) groups is 1. The molecule has 5 heteroatoms. The Kier molecular flexibility index (Phi) is 4.82. The largest absolute Gasteiger partial charge is 0.383 e. The molecule has 1 aromatic heterocycles. The second-order valence-electron chi connectivity index (χ2n) is 5.25. The Hall–Kier alpha value is -1.07. The summed E-state index contributed by atoms with van der Waals surface area (Å²) in [5, 5.41) is 21.0. The number of guanidine groups is 1. The van der Waals surface area contributed by atoms with Crippen LogP contribution in [0.5, 0.6) is 0 Å². The highest BCUT2D eigenvalue weighted by Crippen LogP contribution is 2.23. The number of nitrogens with zero attached hydrogens (tertiary/aromatic N) is 1. The number of thiophene rings is 1. The van der Waals surface area contributed by atoms with Crippen molar-refractivity contribution in [3.05, 3.63) is 22.4 Å². The van der Waals surface area contributed by atoms with Crippen LogP contribution in [0.15, 0.2) is 21.8 Å². The van der Waals surface area contributed by atoms with Gasteiger partial charge in [0.05, 0.1) is 6.54 Å². The van der Waals surface area contributed by atoms with E-state index in [4.69, 9.17) is 0 Å². The van der Waals surface area contributed by atoms with E-state index in [0.29, 0.717) is 12.6 Å². The van der Waals surface area contributed by atoms with E-state index in [1.807, 2.05) is 23.8 Å². The fourth-order valence-corrected chi connectivity index (χ4v) is 2.74. The zero-order valence-electron chi connectivity index (χ0n) is 11.6. The summed E-state index contributed by atoms with van der Waals surface area (Å²) >= 11 is 1.59. The minimum absolute atomic E-state index is 0.367. The summed E-state index contributed by atoms with van der Waals surface area (Å²) in [6, 6.07) is 2.50. The van der Waals surface area contributed by atoms with Crippen molar-refractivity contribution in [3.8, 4) is 0 Å². The van der Waals surface area contributed by atoms with Crippen LogP contribution in [0.4, 0.5) is 0 Å². The summed E-state index contributed by atoms with van der Waals surface area (Å²) in [5.74, 6) is 0.808. The quantitative estimate of drug-likeness (QED) is 0.572. The maximum Gasteiger partial charge on any atom is 0.191 e. The molecule has 1 aromatic rings. The maximum absolute atomic E-state index is 10.4. The van der Waals surface area contributed by atoms with E-state index < -0.39 is 5.60 Å². The molecule has 0 aliphatic heterocycles. The fraction of sp³-hybridized carbons (Fsp3) is 0.643. The molecule has 1 fully saturated rings. The van der Waals surface area contributed by atoms with Crippen LogP contribution >= 0.6 is 11.3 Å². The molecule has 1 saturated carbocycles. The average molecular weight is 281 g/mol. The third-order valence-electron chi connectivity index (χ3n) is 3.48. The molecule has 1 aliphatic carbocycles. The molecule has 4 nitrogen and oxygen atoms in total. The van der Waals surface area contributed by atoms with E-state index in [1.54, 1.807) is 11.3 Å². The van der Waals surface area contributed by atoms with Gasteiger partial charge in [0, 0.05) is 12.6 Å².